The lowest BCUT2D eigenvalue weighted by molar-refractivity contribution is -0.121. The molecule has 1 amide bonds. The van der Waals surface area contributed by atoms with Gasteiger partial charge in [0.2, 0.25) is 5.91 Å². The smallest absolute Gasteiger partial charge is 0.220 e. The molecule has 1 unspecified atom stereocenters. The first kappa shape index (κ1) is 12.2. The van der Waals surface area contributed by atoms with Crippen molar-refractivity contribution in [2.75, 3.05) is 18.4 Å². The van der Waals surface area contributed by atoms with E-state index in [0.29, 0.717) is 17.8 Å². The zero-order chi connectivity index (χ0) is 13.6. The molecule has 0 radical (unpaired) electrons. The van der Waals surface area contributed by atoms with E-state index >= 15 is 0 Å². The fraction of sp³-hybridized carbons (Fsp3) is 0.588. The summed E-state index contributed by atoms with van der Waals surface area (Å²) in [5.41, 5.74) is 2.99. The summed E-state index contributed by atoms with van der Waals surface area (Å²) in [6.07, 6.45) is 6.04. The first-order valence-corrected chi connectivity index (χ1v) is 7.86. The molecule has 0 bridgehead atoms. The maximum absolute atomic E-state index is 12.2. The van der Waals surface area contributed by atoms with Crippen LogP contribution in [-0.2, 0) is 4.79 Å². The number of carbonyl (C=O) groups excluding carboxylic acids is 1. The molecule has 20 heavy (non-hydrogen) atoms. The Bertz CT molecular complexity index is 532. The van der Waals surface area contributed by atoms with Crippen molar-refractivity contribution < 1.29 is 4.79 Å². The van der Waals surface area contributed by atoms with Gasteiger partial charge in [0.15, 0.2) is 0 Å². The number of benzene rings is 1. The first-order chi connectivity index (χ1) is 9.77. The van der Waals surface area contributed by atoms with E-state index in [0.717, 1.165) is 19.0 Å². The Kier molecular flexibility index (Phi) is 2.76. The average Bonchev–Trinajstić information content (AvgIpc) is 3.35. The molecule has 106 valence electrons. The van der Waals surface area contributed by atoms with Crippen molar-refractivity contribution in [2.45, 2.75) is 38.0 Å². The molecular formula is C17H22N2O. The molecule has 0 aromatic heterocycles. The molecule has 1 heterocycles. The van der Waals surface area contributed by atoms with Gasteiger partial charge in [0, 0.05) is 31.1 Å². The van der Waals surface area contributed by atoms with Gasteiger partial charge in [-0.15, -0.1) is 0 Å². The molecule has 1 atom stereocenters. The highest BCUT2D eigenvalue weighted by molar-refractivity contribution is 5.78. The molecule has 2 aliphatic carbocycles. The molecule has 1 aromatic rings. The molecule has 4 rings (SSSR count). The van der Waals surface area contributed by atoms with E-state index in [2.05, 4.69) is 28.8 Å². The molecular weight excluding hydrogens is 248 g/mol. The predicted octanol–water partition coefficient (Wildman–Crippen LogP) is 2.89. The third-order valence-electron chi connectivity index (χ3n) is 5.34. The lowest BCUT2D eigenvalue weighted by Crippen LogP contribution is -2.32. The number of anilines is 1. The van der Waals surface area contributed by atoms with Crippen LogP contribution in [0.1, 0.15) is 43.6 Å². The van der Waals surface area contributed by atoms with Gasteiger partial charge < -0.3 is 10.6 Å². The van der Waals surface area contributed by atoms with Crippen molar-refractivity contribution in [1.82, 2.24) is 5.32 Å². The number of fused-ring (bicyclic) bond motifs is 1. The Labute approximate surface area is 120 Å². The molecule has 0 saturated heterocycles. The number of para-hydroxylation sites is 1. The van der Waals surface area contributed by atoms with E-state index in [1.54, 1.807) is 0 Å². The highest BCUT2D eigenvalue weighted by atomic mass is 16.1. The average molecular weight is 270 g/mol. The molecule has 1 aliphatic heterocycles. The summed E-state index contributed by atoms with van der Waals surface area (Å²) in [6.45, 7) is 1.80. The molecule has 2 fully saturated rings. The number of rotatable bonds is 5. The highest BCUT2D eigenvalue weighted by Crippen LogP contribution is 2.60. The molecule has 3 aliphatic rings. The molecule has 3 nitrogen and oxygen atoms in total. The van der Waals surface area contributed by atoms with E-state index in [1.165, 1.54) is 36.9 Å². The molecule has 2 N–H and O–H groups in total. The van der Waals surface area contributed by atoms with Gasteiger partial charge in [-0.2, -0.15) is 0 Å². The second kappa shape index (κ2) is 4.51. The summed E-state index contributed by atoms with van der Waals surface area (Å²) in [6, 6.07) is 8.34. The molecule has 0 spiro atoms. The van der Waals surface area contributed by atoms with Crippen molar-refractivity contribution in [2.24, 2.45) is 11.3 Å². The van der Waals surface area contributed by atoms with E-state index in [1.807, 2.05) is 6.07 Å². The Hall–Kier alpha value is -1.51. The maximum atomic E-state index is 12.2. The maximum Gasteiger partial charge on any atom is 0.220 e. The largest absolute Gasteiger partial charge is 0.384 e. The van der Waals surface area contributed by atoms with Crippen LogP contribution in [0.5, 0.6) is 0 Å². The van der Waals surface area contributed by atoms with Gasteiger partial charge in [-0.25, -0.2) is 0 Å². The van der Waals surface area contributed by atoms with Crippen LogP contribution < -0.4 is 10.6 Å². The minimum absolute atomic E-state index is 0.223. The van der Waals surface area contributed by atoms with Gasteiger partial charge in [0.1, 0.15) is 0 Å². The van der Waals surface area contributed by atoms with Gasteiger partial charge in [0.25, 0.3) is 0 Å². The van der Waals surface area contributed by atoms with Crippen LogP contribution in [0.4, 0.5) is 5.69 Å². The predicted molar refractivity (Wildman–Crippen MR) is 79.7 cm³/mol. The van der Waals surface area contributed by atoms with Crippen LogP contribution in [0.3, 0.4) is 0 Å². The van der Waals surface area contributed by atoms with Gasteiger partial charge in [-0.05, 0) is 48.6 Å². The fourth-order valence-corrected chi connectivity index (χ4v) is 3.70. The van der Waals surface area contributed by atoms with Crippen LogP contribution in [0.15, 0.2) is 24.3 Å². The summed E-state index contributed by atoms with van der Waals surface area (Å²) in [4.78, 5) is 12.2. The van der Waals surface area contributed by atoms with E-state index in [9.17, 15) is 4.79 Å². The van der Waals surface area contributed by atoms with Gasteiger partial charge in [-0.1, -0.05) is 18.2 Å². The number of hydrogen-bond donors (Lipinski definition) is 2. The van der Waals surface area contributed by atoms with Gasteiger partial charge >= 0.3 is 0 Å². The summed E-state index contributed by atoms with van der Waals surface area (Å²) in [5.74, 6) is 1.47. The standard InChI is InChI=1S/C17H22N2O/c20-16(19-11-17(7-8-17)13-5-6-13)9-12-10-18-15-4-2-1-3-14(12)15/h1-4,12-13,18H,5-11H2,(H,19,20). The minimum Gasteiger partial charge on any atom is -0.384 e. The third kappa shape index (κ3) is 2.19. The second-order valence-corrected chi connectivity index (χ2v) is 6.78. The summed E-state index contributed by atoms with van der Waals surface area (Å²) in [7, 11) is 0. The second-order valence-electron chi connectivity index (χ2n) is 6.78. The SMILES string of the molecule is O=C(CC1CNc2ccccc21)NCC1(C2CC2)CC1. The lowest BCUT2D eigenvalue weighted by atomic mass is 9.97. The fourth-order valence-electron chi connectivity index (χ4n) is 3.70. The summed E-state index contributed by atoms with van der Waals surface area (Å²) >= 11 is 0. The van der Waals surface area contributed by atoms with Crippen molar-refractivity contribution in [3.05, 3.63) is 29.8 Å². The summed E-state index contributed by atoms with van der Waals surface area (Å²) < 4.78 is 0. The van der Waals surface area contributed by atoms with Gasteiger partial charge in [-0.3, -0.25) is 4.79 Å². The van der Waals surface area contributed by atoms with Crippen LogP contribution >= 0.6 is 0 Å². The van der Waals surface area contributed by atoms with Crippen LogP contribution in [0.25, 0.3) is 0 Å². The van der Waals surface area contributed by atoms with Gasteiger partial charge in [0.05, 0.1) is 0 Å². The normalized spacial score (nSPS) is 25.7. The van der Waals surface area contributed by atoms with Crippen molar-refractivity contribution in [3.8, 4) is 0 Å². The Morgan fingerprint density at radius 1 is 1.30 bits per heavy atom. The van der Waals surface area contributed by atoms with Crippen LogP contribution in [-0.4, -0.2) is 19.0 Å². The Balaban J connectivity index is 1.32. The Morgan fingerprint density at radius 2 is 2.10 bits per heavy atom. The van der Waals surface area contributed by atoms with Crippen LogP contribution in [0, 0.1) is 11.3 Å². The Morgan fingerprint density at radius 3 is 2.85 bits per heavy atom. The monoisotopic (exact) mass is 270 g/mol. The molecule has 3 heteroatoms. The van der Waals surface area contributed by atoms with E-state index in [4.69, 9.17) is 0 Å². The molecule has 2 saturated carbocycles. The third-order valence-corrected chi connectivity index (χ3v) is 5.34. The topological polar surface area (TPSA) is 41.1 Å². The van der Waals surface area contributed by atoms with E-state index in [-0.39, 0.29) is 5.91 Å². The van der Waals surface area contributed by atoms with Crippen molar-refractivity contribution in [1.29, 1.82) is 0 Å². The molecule has 1 aromatic carbocycles. The number of amides is 1. The quantitative estimate of drug-likeness (QED) is 0.864. The number of carbonyl (C=O) groups is 1. The highest BCUT2D eigenvalue weighted by Gasteiger charge is 2.53. The van der Waals surface area contributed by atoms with E-state index < -0.39 is 0 Å². The first-order valence-electron chi connectivity index (χ1n) is 7.86. The summed E-state index contributed by atoms with van der Waals surface area (Å²) in [5, 5.41) is 6.59. The lowest BCUT2D eigenvalue weighted by Gasteiger charge is -2.16. The zero-order valence-corrected chi connectivity index (χ0v) is 11.8. The number of hydrogen-bond acceptors (Lipinski definition) is 2. The minimum atomic E-state index is 0.223. The zero-order valence-electron chi connectivity index (χ0n) is 11.8. The van der Waals surface area contributed by atoms with Crippen molar-refractivity contribution >= 4 is 11.6 Å². The number of nitrogens with one attached hydrogen (secondary N) is 2. The van der Waals surface area contributed by atoms with Crippen LogP contribution in [0.2, 0.25) is 0 Å². The van der Waals surface area contributed by atoms with Crippen molar-refractivity contribution in [3.63, 3.8) is 0 Å².